The Morgan fingerprint density at radius 1 is 1.15 bits per heavy atom. The van der Waals surface area contributed by atoms with Crippen LogP contribution >= 0.6 is 24.0 Å². The van der Waals surface area contributed by atoms with Gasteiger partial charge in [0.1, 0.15) is 0 Å². The molecule has 1 aliphatic heterocycles. The molecule has 0 aromatic heterocycles. The van der Waals surface area contributed by atoms with Gasteiger partial charge in [0.25, 0.3) is 0 Å². The molecule has 1 saturated heterocycles. The van der Waals surface area contributed by atoms with Crippen LogP contribution in [0.4, 0.5) is 0 Å². The number of rotatable bonds is 8. The zero-order chi connectivity index (χ0) is 18.4. The number of benzene rings is 1. The Morgan fingerprint density at radius 2 is 1.78 bits per heavy atom. The summed E-state index contributed by atoms with van der Waals surface area (Å²) in [5, 5.41) is 7.07. The first kappa shape index (κ1) is 22.4. The predicted molar refractivity (Wildman–Crippen MR) is 125 cm³/mol. The molecule has 1 aliphatic carbocycles. The fourth-order valence-electron chi connectivity index (χ4n) is 3.83. The summed E-state index contributed by atoms with van der Waals surface area (Å²) in [5.74, 6) is 0.904. The molecule has 152 valence electrons. The number of nitrogens with zero attached hydrogens (tertiary/aromatic N) is 3. The SMILES string of the molecule is CN=C(NCC(c1ccccc1)N1CCCC1)NCC(C)N(C)C1CC1.I. The van der Waals surface area contributed by atoms with Crippen LogP contribution in [0.5, 0.6) is 0 Å². The van der Waals surface area contributed by atoms with Crippen LogP contribution in [0.1, 0.15) is 44.2 Å². The molecule has 2 fully saturated rings. The molecule has 0 spiro atoms. The van der Waals surface area contributed by atoms with Crippen molar-refractivity contribution in [1.29, 1.82) is 0 Å². The molecular weight excluding hydrogens is 449 g/mol. The molecule has 27 heavy (non-hydrogen) atoms. The van der Waals surface area contributed by atoms with E-state index in [4.69, 9.17) is 0 Å². The van der Waals surface area contributed by atoms with Crippen molar-refractivity contribution in [3.63, 3.8) is 0 Å². The van der Waals surface area contributed by atoms with Gasteiger partial charge in [-0.1, -0.05) is 30.3 Å². The Bertz CT molecular complexity index is 569. The van der Waals surface area contributed by atoms with Crippen LogP contribution in [-0.4, -0.2) is 68.1 Å². The number of likely N-dealkylation sites (N-methyl/N-ethyl adjacent to an activating group) is 1. The van der Waals surface area contributed by atoms with Gasteiger partial charge in [0.2, 0.25) is 0 Å². The molecule has 1 heterocycles. The minimum atomic E-state index is 0. The summed E-state index contributed by atoms with van der Waals surface area (Å²) in [7, 11) is 4.09. The Balaban J connectivity index is 0.00000261. The summed E-state index contributed by atoms with van der Waals surface area (Å²) < 4.78 is 0. The lowest BCUT2D eigenvalue weighted by Crippen LogP contribution is -2.47. The summed E-state index contributed by atoms with van der Waals surface area (Å²) >= 11 is 0. The molecule has 2 unspecified atom stereocenters. The van der Waals surface area contributed by atoms with Crippen molar-refractivity contribution in [1.82, 2.24) is 20.4 Å². The molecule has 2 N–H and O–H groups in total. The second-order valence-electron chi connectivity index (χ2n) is 7.75. The molecule has 0 bridgehead atoms. The predicted octanol–water partition coefficient (Wildman–Crippen LogP) is 3.09. The summed E-state index contributed by atoms with van der Waals surface area (Å²) in [4.78, 5) is 9.51. The van der Waals surface area contributed by atoms with E-state index in [2.05, 4.69) is 69.7 Å². The van der Waals surface area contributed by atoms with Gasteiger partial charge in [0.15, 0.2) is 5.96 Å². The van der Waals surface area contributed by atoms with Crippen LogP contribution in [0.2, 0.25) is 0 Å². The second kappa shape index (κ2) is 11.2. The van der Waals surface area contributed by atoms with Crippen LogP contribution < -0.4 is 10.6 Å². The number of aliphatic imine (C=N–C) groups is 1. The molecular formula is C21H36IN5. The lowest BCUT2D eigenvalue weighted by Gasteiger charge is -2.29. The molecule has 0 radical (unpaired) electrons. The monoisotopic (exact) mass is 485 g/mol. The van der Waals surface area contributed by atoms with E-state index in [0.29, 0.717) is 12.1 Å². The summed E-state index contributed by atoms with van der Waals surface area (Å²) in [5.41, 5.74) is 1.39. The average Bonchev–Trinajstić information content (AvgIpc) is 3.39. The highest BCUT2D eigenvalue weighted by Gasteiger charge is 2.29. The third kappa shape index (κ3) is 6.61. The zero-order valence-electron chi connectivity index (χ0n) is 17.0. The van der Waals surface area contributed by atoms with Crippen LogP contribution in [0.3, 0.4) is 0 Å². The third-order valence-corrected chi connectivity index (χ3v) is 5.84. The number of halogens is 1. The lowest BCUT2D eigenvalue weighted by atomic mass is 10.1. The quantitative estimate of drug-likeness (QED) is 0.338. The zero-order valence-corrected chi connectivity index (χ0v) is 19.4. The number of likely N-dealkylation sites (tertiary alicyclic amines) is 1. The van der Waals surface area contributed by atoms with Crippen molar-refractivity contribution in [2.24, 2.45) is 4.99 Å². The molecule has 0 amide bonds. The number of guanidine groups is 1. The van der Waals surface area contributed by atoms with Gasteiger partial charge in [-0.25, -0.2) is 0 Å². The van der Waals surface area contributed by atoms with E-state index < -0.39 is 0 Å². The molecule has 5 nitrogen and oxygen atoms in total. The van der Waals surface area contributed by atoms with E-state index in [1.165, 1.54) is 44.3 Å². The van der Waals surface area contributed by atoms with Gasteiger partial charge in [-0.2, -0.15) is 0 Å². The van der Waals surface area contributed by atoms with Crippen LogP contribution in [-0.2, 0) is 0 Å². The van der Waals surface area contributed by atoms with Crippen molar-refractivity contribution >= 4 is 29.9 Å². The van der Waals surface area contributed by atoms with Crippen molar-refractivity contribution in [3.05, 3.63) is 35.9 Å². The minimum absolute atomic E-state index is 0. The Hall–Kier alpha value is -0.860. The van der Waals surface area contributed by atoms with Crippen molar-refractivity contribution in [2.75, 3.05) is 40.3 Å². The number of nitrogens with one attached hydrogen (secondary N) is 2. The highest BCUT2D eigenvalue weighted by molar-refractivity contribution is 14.0. The fourth-order valence-corrected chi connectivity index (χ4v) is 3.83. The Kier molecular flexibility index (Phi) is 9.32. The Morgan fingerprint density at radius 3 is 2.37 bits per heavy atom. The van der Waals surface area contributed by atoms with E-state index in [0.717, 1.165) is 25.1 Å². The first-order valence-electron chi connectivity index (χ1n) is 10.1. The molecule has 3 rings (SSSR count). The van der Waals surface area contributed by atoms with Gasteiger partial charge in [0.05, 0.1) is 6.04 Å². The van der Waals surface area contributed by atoms with Crippen LogP contribution in [0.25, 0.3) is 0 Å². The first-order chi connectivity index (χ1) is 12.7. The molecule has 1 aromatic carbocycles. The normalized spacial score (nSPS) is 20.2. The van der Waals surface area contributed by atoms with E-state index >= 15 is 0 Å². The minimum Gasteiger partial charge on any atom is -0.355 e. The topological polar surface area (TPSA) is 42.9 Å². The van der Waals surface area contributed by atoms with Gasteiger partial charge < -0.3 is 10.6 Å². The lowest BCUT2D eigenvalue weighted by molar-refractivity contribution is 0.242. The van der Waals surface area contributed by atoms with E-state index in [1.807, 2.05) is 7.05 Å². The standard InChI is InChI=1S/C21H35N5.HI/c1-17(25(3)19-11-12-19)15-23-21(22-2)24-16-20(26-13-7-8-14-26)18-9-5-4-6-10-18;/h4-6,9-10,17,19-20H,7-8,11-16H2,1-3H3,(H2,22,23,24);1H. The van der Waals surface area contributed by atoms with Crippen LogP contribution in [0.15, 0.2) is 35.3 Å². The summed E-state index contributed by atoms with van der Waals surface area (Å²) in [6.07, 6.45) is 5.31. The van der Waals surface area contributed by atoms with Gasteiger partial charge in [-0.05, 0) is 58.3 Å². The van der Waals surface area contributed by atoms with E-state index in [-0.39, 0.29) is 24.0 Å². The maximum Gasteiger partial charge on any atom is 0.191 e. The summed E-state index contributed by atoms with van der Waals surface area (Å²) in [6, 6.07) is 12.6. The smallest absolute Gasteiger partial charge is 0.191 e. The molecule has 1 aromatic rings. The Labute approximate surface area is 182 Å². The van der Waals surface area contributed by atoms with Gasteiger partial charge >= 0.3 is 0 Å². The van der Waals surface area contributed by atoms with Crippen molar-refractivity contribution < 1.29 is 0 Å². The maximum absolute atomic E-state index is 4.43. The van der Waals surface area contributed by atoms with E-state index in [1.54, 1.807) is 0 Å². The van der Waals surface area contributed by atoms with Gasteiger partial charge in [-0.3, -0.25) is 14.8 Å². The summed E-state index contributed by atoms with van der Waals surface area (Å²) in [6.45, 7) is 6.48. The number of hydrogen-bond donors (Lipinski definition) is 2. The average molecular weight is 485 g/mol. The highest BCUT2D eigenvalue weighted by atomic mass is 127. The highest BCUT2D eigenvalue weighted by Crippen LogP contribution is 2.27. The molecule has 2 atom stereocenters. The third-order valence-electron chi connectivity index (χ3n) is 5.84. The fraction of sp³-hybridized carbons (Fsp3) is 0.667. The van der Waals surface area contributed by atoms with Crippen molar-refractivity contribution in [3.8, 4) is 0 Å². The van der Waals surface area contributed by atoms with Gasteiger partial charge in [0, 0.05) is 32.2 Å². The molecule has 2 aliphatic rings. The largest absolute Gasteiger partial charge is 0.355 e. The second-order valence-corrected chi connectivity index (χ2v) is 7.75. The van der Waals surface area contributed by atoms with Crippen LogP contribution in [0, 0.1) is 0 Å². The number of hydrogen-bond acceptors (Lipinski definition) is 3. The van der Waals surface area contributed by atoms with Gasteiger partial charge in [-0.15, -0.1) is 24.0 Å². The maximum atomic E-state index is 4.43. The van der Waals surface area contributed by atoms with Crippen molar-refractivity contribution in [2.45, 2.75) is 50.7 Å². The first-order valence-corrected chi connectivity index (χ1v) is 10.1. The molecule has 6 heteroatoms. The van der Waals surface area contributed by atoms with E-state index in [9.17, 15) is 0 Å². The molecule has 1 saturated carbocycles.